The molecular weight excluding hydrogens is 446 g/mol. The number of halogens is 3. The summed E-state index contributed by atoms with van der Waals surface area (Å²) in [6.45, 7) is 2.27. The highest BCUT2D eigenvalue weighted by atomic mass is 35.5. The highest BCUT2D eigenvalue weighted by Crippen LogP contribution is 2.39. The summed E-state index contributed by atoms with van der Waals surface area (Å²) in [4.78, 5) is 0. The maximum Gasteiger partial charge on any atom is 0.142 e. The maximum absolute atomic E-state index is 15.2. The third-order valence-corrected chi connectivity index (χ3v) is 8.07. The third kappa shape index (κ3) is 6.39. The second kappa shape index (κ2) is 12.2. The lowest BCUT2D eigenvalue weighted by Crippen LogP contribution is -2.13. The molecule has 0 heterocycles. The molecule has 1 aliphatic rings. The molecular formula is C31H37ClF2. The lowest BCUT2D eigenvalue weighted by molar-refractivity contribution is 0.302. The van der Waals surface area contributed by atoms with Crippen LogP contribution in [0.1, 0.15) is 93.7 Å². The van der Waals surface area contributed by atoms with Crippen molar-refractivity contribution in [2.75, 3.05) is 0 Å². The SMILES string of the molecule is CCCCCCCC1CCC(c2ccc3c(F)c(CCc4ccc(Cl)c(F)c4)ccc3c2)CC1. The largest absolute Gasteiger partial charge is 0.206 e. The highest BCUT2D eigenvalue weighted by Gasteiger charge is 2.22. The summed E-state index contributed by atoms with van der Waals surface area (Å²) in [7, 11) is 0. The van der Waals surface area contributed by atoms with E-state index in [9.17, 15) is 4.39 Å². The van der Waals surface area contributed by atoms with Crippen LogP contribution in [0.5, 0.6) is 0 Å². The Morgan fingerprint density at radius 3 is 2.38 bits per heavy atom. The summed E-state index contributed by atoms with van der Waals surface area (Å²) in [5.41, 5.74) is 2.86. The van der Waals surface area contributed by atoms with E-state index in [1.807, 2.05) is 18.2 Å². The minimum Gasteiger partial charge on any atom is -0.206 e. The zero-order valence-corrected chi connectivity index (χ0v) is 21.1. The molecule has 0 nitrogen and oxygen atoms in total. The average Bonchev–Trinajstić information content (AvgIpc) is 2.86. The molecule has 182 valence electrons. The van der Waals surface area contributed by atoms with Crippen molar-refractivity contribution in [3.05, 3.63) is 81.9 Å². The van der Waals surface area contributed by atoms with Gasteiger partial charge in [-0.3, -0.25) is 0 Å². The van der Waals surface area contributed by atoms with Crippen LogP contribution in [-0.4, -0.2) is 0 Å². The van der Waals surface area contributed by atoms with Gasteiger partial charge in [-0.25, -0.2) is 8.78 Å². The molecule has 0 N–H and O–H groups in total. The van der Waals surface area contributed by atoms with Crippen LogP contribution in [0.4, 0.5) is 8.78 Å². The summed E-state index contributed by atoms with van der Waals surface area (Å²) in [5, 5.41) is 1.78. The Hall–Kier alpha value is -1.93. The van der Waals surface area contributed by atoms with Crippen LogP contribution in [0, 0.1) is 17.6 Å². The van der Waals surface area contributed by atoms with Gasteiger partial charge in [0.2, 0.25) is 0 Å². The van der Waals surface area contributed by atoms with Gasteiger partial charge >= 0.3 is 0 Å². The molecule has 0 aliphatic heterocycles. The molecule has 3 heteroatoms. The van der Waals surface area contributed by atoms with Gasteiger partial charge in [0.05, 0.1) is 5.02 Å². The Labute approximate surface area is 208 Å². The first-order valence-corrected chi connectivity index (χ1v) is 13.6. The van der Waals surface area contributed by atoms with Crippen molar-refractivity contribution in [1.29, 1.82) is 0 Å². The Kier molecular flexibility index (Phi) is 9.00. The number of fused-ring (bicyclic) bond motifs is 1. The number of unbranched alkanes of at least 4 members (excludes halogenated alkanes) is 4. The first-order valence-electron chi connectivity index (χ1n) is 13.2. The fourth-order valence-electron chi connectivity index (χ4n) is 5.60. The Bertz CT molecular complexity index is 1080. The minimum atomic E-state index is -0.424. The zero-order chi connectivity index (χ0) is 23.9. The van der Waals surface area contributed by atoms with Crippen LogP contribution in [-0.2, 0) is 12.8 Å². The molecule has 0 spiro atoms. The van der Waals surface area contributed by atoms with Crippen LogP contribution >= 0.6 is 11.6 Å². The molecule has 0 atom stereocenters. The summed E-state index contributed by atoms with van der Waals surface area (Å²) in [5.74, 6) is 0.924. The van der Waals surface area contributed by atoms with Crippen molar-refractivity contribution >= 4 is 22.4 Å². The van der Waals surface area contributed by atoms with Crippen molar-refractivity contribution in [3.8, 4) is 0 Å². The van der Waals surface area contributed by atoms with Crippen LogP contribution < -0.4 is 0 Å². The lowest BCUT2D eigenvalue weighted by Gasteiger charge is -2.29. The van der Waals surface area contributed by atoms with E-state index in [0.29, 0.717) is 29.7 Å². The van der Waals surface area contributed by atoms with Gasteiger partial charge in [0, 0.05) is 5.39 Å². The Morgan fingerprint density at radius 1 is 0.824 bits per heavy atom. The zero-order valence-electron chi connectivity index (χ0n) is 20.4. The van der Waals surface area contributed by atoms with E-state index < -0.39 is 5.82 Å². The molecule has 0 amide bonds. The number of aryl methyl sites for hydroxylation is 2. The first kappa shape index (κ1) is 25.2. The topological polar surface area (TPSA) is 0 Å². The summed E-state index contributed by atoms with van der Waals surface area (Å²) >= 11 is 5.76. The first-order chi connectivity index (χ1) is 16.5. The van der Waals surface area contributed by atoms with Gasteiger partial charge in [0.25, 0.3) is 0 Å². The van der Waals surface area contributed by atoms with E-state index >= 15 is 4.39 Å². The average molecular weight is 483 g/mol. The molecule has 1 saturated carbocycles. The fraction of sp³-hybridized carbons (Fsp3) is 0.484. The molecule has 0 bridgehead atoms. The normalized spacial score (nSPS) is 18.5. The predicted molar refractivity (Wildman–Crippen MR) is 141 cm³/mol. The van der Waals surface area contributed by atoms with Crippen molar-refractivity contribution in [2.45, 2.75) is 89.9 Å². The van der Waals surface area contributed by atoms with Gasteiger partial charge in [-0.05, 0) is 84.6 Å². The van der Waals surface area contributed by atoms with Crippen molar-refractivity contribution < 1.29 is 8.78 Å². The minimum absolute atomic E-state index is 0.118. The van der Waals surface area contributed by atoms with Crippen LogP contribution in [0.2, 0.25) is 5.02 Å². The van der Waals surface area contributed by atoms with Gasteiger partial charge in [0.1, 0.15) is 11.6 Å². The molecule has 1 fully saturated rings. The van der Waals surface area contributed by atoms with Gasteiger partial charge in [-0.15, -0.1) is 0 Å². The fourth-order valence-corrected chi connectivity index (χ4v) is 5.72. The van der Waals surface area contributed by atoms with Crippen molar-refractivity contribution in [2.24, 2.45) is 5.92 Å². The summed E-state index contributed by atoms with van der Waals surface area (Å²) < 4.78 is 28.9. The lowest BCUT2D eigenvalue weighted by atomic mass is 9.76. The second-order valence-electron chi connectivity index (χ2n) is 10.2. The van der Waals surface area contributed by atoms with Crippen molar-refractivity contribution in [1.82, 2.24) is 0 Å². The van der Waals surface area contributed by atoms with Crippen LogP contribution in [0.15, 0.2) is 48.5 Å². The molecule has 34 heavy (non-hydrogen) atoms. The molecule has 3 aromatic rings. The quantitative estimate of drug-likeness (QED) is 0.252. The number of hydrogen-bond donors (Lipinski definition) is 0. The van der Waals surface area contributed by atoms with E-state index in [1.165, 1.54) is 75.8 Å². The summed E-state index contributed by atoms with van der Waals surface area (Å²) in [6.07, 6.45) is 14.5. The molecule has 0 aromatic heterocycles. The van der Waals surface area contributed by atoms with Crippen molar-refractivity contribution in [3.63, 3.8) is 0 Å². The van der Waals surface area contributed by atoms with E-state index in [-0.39, 0.29) is 10.8 Å². The number of hydrogen-bond acceptors (Lipinski definition) is 0. The van der Waals surface area contributed by atoms with Gasteiger partial charge in [-0.2, -0.15) is 0 Å². The van der Waals surface area contributed by atoms with E-state index in [1.54, 1.807) is 12.1 Å². The maximum atomic E-state index is 15.2. The monoisotopic (exact) mass is 482 g/mol. The molecule has 1 aliphatic carbocycles. The Morgan fingerprint density at radius 2 is 1.62 bits per heavy atom. The van der Waals surface area contributed by atoms with E-state index in [0.717, 1.165) is 16.9 Å². The standard InChI is InChI=1S/C31H37ClF2/c1-2-3-4-5-6-7-22-8-12-24(13-9-22)26-17-18-28-27(21-26)16-15-25(31(28)34)14-10-23-11-19-29(32)30(33)20-23/h11,15-22,24H,2-10,12-14H2,1H3. The van der Waals surface area contributed by atoms with Gasteiger partial charge in [-0.1, -0.05) is 93.4 Å². The van der Waals surface area contributed by atoms with E-state index in [4.69, 9.17) is 11.6 Å². The molecule has 4 rings (SSSR count). The summed E-state index contributed by atoms with van der Waals surface area (Å²) in [6, 6.07) is 15.0. The van der Waals surface area contributed by atoms with Gasteiger partial charge < -0.3 is 0 Å². The van der Waals surface area contributed by atoms with Crippen LogP contribution in [0.3, 0.4) is 0 Å². The number of rotatable bonds is 10. The predicted octanol–water partition coefficient (Wildman–Crippen LogP) is 10.2. The molecule has 0 radical (unpaired) electrons. The third-order valence-electron chi connectivity index (χ3n) is 7.76. The second-order valence-corrected chi connectivity index (χ2v) is 10.6. The molecule has 0 saturated heterocycles. The van der Waals surface area contributed by atoms with Crippen LogP contribution in [0.25, 0.3) is 10.8 Å². The Balaban J connectivity index is 1.35. The molecule has 0 unspecified atom stereocenters. The van der Waals surface area contributed by atoms with Gasteiger partial charge in [0.15, 0.2) is 0 Å². The highest BCUT2D eigenvalue weighted by molar-refractivity contribution is 6.30. The smallest absolute Gasteiger partial charge is 0.142 e. The van der Waals surface area contributed by atoms with E-state index in [2.05, 4.69) is 19.1 Å². The molecule has 3 aromatic carbocycles. The number of benzene rings is 3.